The van der Waals surface area contributed by atoms with Crippen LogP contribution in [0.2, 0.25) is 0 Å². The number of Topliss-reactive ketones (excluding diaryl/α,β-unsaturated/α-hetero) is 2. The summed E-state index contributed by atoms with van der Waals surface area (Å²) >= 11 is 3.36. The lowest BCUT2D eigenvalue weighted by molar-refractivity contribution is 0.0956. The number of allylic oxidation sites excluding steroid dienone is 1. The standard InChI is InChI=1S/C29H29BrN2O4S/c1-3-18-31(19-4-2)27-24-12-8-9-13-26(24)37(35,36)32(20-25(33)21-14-16-23(30)17-15-21)28(27)29(34)22-10-6-5-7-11-22/h5-17H,3-4,18-20H2,1-2H3. The summed E-state index contributed by atoms with van der Waals surface area (Å²) < 4.78 is 29.9. The predicted molar refractivity (Wildman–Crippen MR) is 149 cm³/mol. The Hall–Kier alpha value is -3.23. The van der Waals surface area contributed by atoms with E-state index in [4.69, 9.17) is 0 Å². The molecule has 0 bridgehead atoms. The van der Waals surface area contributed by atoms with E-state index in [0.29, 0.717) is 35.5 Å². The minimum Gasteiger partial charge on any atom is -0.369 e. The van der Waals surface area contributed by atoms with Crippen molar-refractivity contribution < 1.29 is 18.0 Å². The Labute approximate surface area is 226 Å². The SMILES string of the molecule is CCCN(CCC)C1=C(C(=O)c2ccccc2)N(CC(=O)c2ccc(Br)cc2)S(=O)(=O)c2ccccc21. The number of carbonyl (C=O) groups is 2. The topological polar surface area (TPSA) is 74.8 Å². The highest BCUT2D eigenvalue weighted by Gasteiger charge is 2.42. The molecule has 0 N–H and O–H groups in total. The minimum atomic E-state index is -4.19. The van der Waals surface area contributed by atoms with Crippen LogP contribution in [-0.2, 0) is 10.0 Å². The molecule has 1 aliphatic heterocycles. The average molecular weight is 582 g/mol. The van der Waals surface area contributed by atoms with Crippen LogP contribution in [0.1, 0.15) is 53.0 Å². The van der Waals surface area contributed by atoms with Crippen molar-refractivity contribution in [3.05, 3.63) is 106 Å². The Morgan fingerprint density at radius 1 is 0.811 bits per heavy atom. The highest BCUT2D eigenvalue weighted by atomic mass is 79.9. The summed E-state index contributed by atoms with van der Waals surface area (Å²) in [7, 11) is -4.19. The Morgan fingerprint density at radius 2 is 1.41 bits per heavy atom. The Kier molecular flexibility index (Phi) is 8.29. The Bertz CT molecular complexity index is 1430. The lowest BCUT2D eigenvalue weighted by Gasteiger charge is -2.38. The molecule has 0 aromatic heterocycles. The maximum Gasteiger partial charge on any atom is 0.265 e. The smallest absolute Gasteiger partial charge is 0.265 e. The van der Waals surface area contributed by atoms with Crippen LogP contribution < -0.4 is 0 Å². The number of fused-ring (bicyclic) bond motifs is 1. The van der Waals surface area contributed by atoms with Crippen LogP contribution in [0.5, 0.6) is 0 Å². The van der Waals surface area contributed by atoms with E-state index in [1.54, 1.807) is 78.9 Å². The molecule has 3 aromatic rings. The quantitative estimate of drug-likeness (QED) is 0.274. The fourth-order valence-electron chi connectivity index (χ4n) is 4.54. The molecule has 1 heterocycles. The van der Waals surface area contributed by atoms with Gasteiger partial charge in [-0.05, 0) is 31.0 Å². The van der Waals surface area contributed by atoms with Gasteiger partial charge in [0, 0.05) is 34.3 Å². The van der Waals surface area contributed by atoms with Crippen LogP contribution in [0, 0.1) is 0 Å². The maximum absolute atomic E-state index is 14.1. The van der Waals surface area contributed by atoms with Gasteiger partial charge in [-0.25, -0.2) is 8.42 Å². The van der Waals surface area contributed by atoms with E-state index in [1.165, 1.54) is 0 Å². The van der Waals surface area contributed by atoms with Crippen molar-refractivity contribution in [1.29, 1.82) is 0 Å². The highest BCUT2D eigenvalue weighted by Crippen LogP contribution is 2.40. The van der Waals surface area contributed by atoms with E-state index >= 15 is 0 Å². The molecule has 3 aromatic carbocycles. The molecule has 0 saturated heterocycles. The van der Waals surface area contributed by atoms with Gasteiger partial charge in [-0.3, -0.25) is 13.9 Å². The monoisotopic (exact) mass is 580 g/mol. The first-order valence-electron chi connectivity index (χ1n) is 12.3. The largest absolute Gasteiger partial charge is 0.369 e. The van der Waals surface area contributed by atoms with E-state index in [0.717, 1.165) is 21.6 Å². The van der Waals surface area contributed by atoms with Gasteiger partial charge in [0.25, 0.3) is 10.0 Å². The third-order valence-corrected chi connectivity index (χ3v) is 8.52. The molecule has 4 rings (SSSR count). The first-order chi connectivity index (χ1) is 17.8. The zero-order chi connectivity index (χ0) is 26.6. The molecule has 0 spiro atoms. The normalized spacial score (nSPS) is 14.3. The third-order valence-electron chi connectivity index (χ3n) is 6.19. The molecule has 0 fully saturated rings. The summed E-state index contributed by atoms with van der Waals surface area (Å²) in [5, 5.41) is 0. The Balaban J connectivity index is 1.98. The van der Waals surface area contributed by atoms with Gasteiger partial charge in [-0.2, -0.15) is 0 Å². The molecule has 0 atom stereocenters. The second-order valence-electron chi connectivity index (χ2n) is 8.82. The van der Waals surface area contributed by atoms with Crippen molar-refractivity contribution >= 4 is 43.2 Å². The van der Waals surface area contributed by atoms with Crippen molar-refractivity contribution in [1.82, 2.24) is 9.21 Å². The number of benzene rings is 3. The molecule has 0 amide bonds. The van der Waals surface area contributed by atoms with Gasteiger partial charge in [0.1, 0.15) is 5.70 Å². The first-order valence-corrected chi connectivity index (χ1v) is 14.5. The number of ketones is 2. The zero-order valence-electron chi connectivity index (χ0n) is 20.9. The zero-order valence-corrected chi connectivity index (χ0v) is 23.3. The van der Waals surface area contributed by atoms with Crippen LogP contribution >= 0.6 is 15.9 Å². The minimum absolute atomic E-state index is 0.0114. The van der Waals surface area contributed by atoms with Gasteiger partial charge >= 0.3 is 0 Å². The predicted octanol–water partition coefficient (Wildman–Crippen LogP) is 6.01. The van der Waals surface area contributed by atoms with E-state index in [9.17, 15) is 18.0 Å². The fourth-order valence-corrected chi connectivity index (χ4v) is 6.43. The summed E-state index contributed by atoms with van der Waals surface area (Å²) in [4.78, 5) is 29.6. The molecule has 0 aliphatic carbocycles. The number of carbonyl (C=O) groups excluding carboxylic acids is 2. The van der Waals surface area contributed by atoms with Gasteiger partial charge in [0.05, 0.1) is 17.1 Å². The van der Waals surface area contributed by atoms with E-state index in [-0.39, 0.29) is 10.6 Å². The second kappa shape index (κ2) is 11.4. The lowest BCUT2D eigenvalue weighted by Crippen LogP contribution is -2.44. The molecular weight excluding hydrogens is 552 g/mol. The molecule has 0 saturated carbocycles. The van der Waals surface area contributed by atoms with Gasteiger partial charge in [0.15, 0.2) is 5.78 Å². The van der Waals surface area contributed by atoms with Gasteiger partial charge in [-0.15, -0.1) is 0 Å². The molecule has 0 unspecified atom stereocenters. The van der Waals surface area contributed by atoms with Crippen LogP contribution in [0.3, 0.4) is 0 Å². The average Bonchev–Trinajstić information content (AvgIpc) is 2.90. The Morgan fingerprint density at radius 3 is 2.03 bits per heavy atom. The molecule has 1 aliphatic rings. The molecule has 0 radical (unpaired) electrons. The van der Waals surface area contributed by atoms with E-state index in [2.05, 4.69) is 20.8 Å². The molecule has 6 nitrogen and oxygen atoms in total. The van der Waals surface area contributed by atoms with Crippen LogP contribution in [-0.4, -0.2) is 48.8 Å². The van der Waals surface area contributed by atoms with Crippen molar-refractivity contribution in [2.24, 2.45) is 0 Å². The van der Waals surface area contributed by atoms with E-state index < -0.39 is 28.1 Å². The second-order valence-corrected chi connectivity index (χ2v) is 11.6. The summed E-state index contributed by atoms with van der Waals surface area (Å²) in [6, 6.07) is 22.1. The van der Waals surface area contributed by atoms with Crippen molar-refractivity contribution in [3.8, 4) is 0 Å². The summed E-state index contributed by atoms with van der Waals surface area (Å²) in [5.41, 5.74) is 1.77. The van der Waals surface area contributed by atoms with Crippen LogP contribution in [0.25, 0.3) is 5.70 Å². The summed E-state index contributed by atoms with van der Waals surface area (Å²) in [6.45, 7) is 4.88. The van der Waals surface area contributed by atoms with Crippen molar-refractivity contribution in [2.75, 3.05) is 19.6 Å². The number of sulfonamides is 1. The third kappa shape index (κ3) is 5.40. The highest BCUT2D eigenvalue weighted by molar-refractivity contribution is 9.10. The molecule has 37 heavy (non-hydrogen) atoms. The van der Waals surface area contributed by atoms with Gasteiger partial charge in [0.2, 0.25) is 5.78 Å². The first kappa shape index (κ1) is 26.8. The molecular formula is C29H29BrN2O4S. The lowest BCUT2D eigenvalue weighted by atomic mass is 10.0. The van der Waals surface area contributed by atoms with E-state index in [1.807, 2.05) is 13.8 Å². The van der Waals surface area contributed by atoms with Crippen LogP contribution in [0.15, 0.2) is 93.9 Å². The number of hydrogen-bond donors (Lipinski definition) is 0. The fraction of sp³-hybridized carbons (Fsp3) is 0.241. The molecule has 8 heteroatoms. The summed E-state index contributed by atoms with van der Waals surface area (Å²) in [5.74, 6) is -0.833. The van der Waals surface area contributed by atoms with Crippen molar-refractivity contribution in [2.45, 2.75) is 31.6 Å². The number of rotatable bonds is 10. The number of nitrogens with zero attached hydrogens (tertiary/aromatic N) is 2. The maximum atomic E-state index is 14.1. The number of halogens is 1. The number of hydrogen-bond acceptors (Lipinski definition) is 5. The molecule has 192 valence electrons. The van der Waals surface area contributed by atoms with Crippen molar-refractivity contribution in [3.63, 3.8) is 0 Å². The van der Waals surface area contributed by atoms with Gasteiger partial charge < -0.3 is 4.90 Å². The summed E-state index contributed by atoms with van der Waals surface area (Å²) in [6.07, 6.45) is 1.62. The van der Waals surface area contributed by atoms with Gasteiger partial charge in [-0.1, -0.05) is 90.4 Å². The van der Waals surface area contributed by atoms with Crippen LogP contribution in [0.4, 0.5) is 0 Å².